The molecule has 3 rings (SSSR count). The number of methoxy groups -OCH3 is 2. The van der Waals surface area contributed by atoms with E-state index in [1.807, 2.05) is 30.3 Å². The molecule has 3 aromatic carbocycles. The van der Waals surface area contributed by atoms with Crippen molar-refractivity contribution >= 4 is 11.6 Å². The molecule has 0 aliphatic heterocycles. The van der Waals surface area contributed by atoms with Crippen molar-refractivity contribution in [3.8, 4) is 17.2 Å². The van der Waals surface area contributed by atoms with Gasteiger partial charge in [0.25, 0.3) is 5.91 Å². The Bertz CT molecular complexity index is 1050. The molecule has 0 heterocycles. The number of nitrogens with one attached hydrogen (secondary N) is 1. The van der Waals surface area contributed by atoms with Crippen molar-refractivity contribution in [2.45, 2.75) is 12.8 Å². The van der Waals surface area contributed by atoms with E-state index >= 15 is 0 Å². The van der Waals surface area contributed by atoms with Crippen molar-refractivity contribution in [3.05, 3.63) is 83.4 Å². The Morgan fingerprint density at radius 1 is 0.871 bits per heavy atom. The van der Waals surface area contributed by atoms with Crippen molar-refractivity contribution < 1.29 is 32.2 Å². The van der Waals surface area contributed by atoms with Crippen LogP contribution in [0.5, 0.6) is 17.2 Å². The molecule has 0 fully saturated rings. The monoisotopic (exact) mass is 431 g/mol. The van der Waals surface area contributed by atoms with E-state index in [-0.39, 0.29) is 23.6 Å². The Labute approximate surface area is 177 Å². The predicted octanol–water partition coefficient (Wildman–Crippen LogP) is 5.55. The highest BCUT2D eigenvalue weighted by Gasteiger charge is 2.31. The molecular weight excluding hydrogens is 411 g/mol. The highest BCUT2D eigenvalue weighted by atomic mass is 19.4. The molecule has 31 heavy (non-hydrogen) atoms. The zero-order valence-corrected chi connectivity index (χ0v) is 16.8. The number of halogens is 3. The highest BCUT2D eigenvalue weighted by Crippen LogP contribution is 2.36. The first-order valence-corrected chi connectivity index (χ1v) is 9.23. The summed E-state index contributed by atoms with van der Waals surface area (Å²) in [5.74, 6) is 0.236. The summed E-state index contributed by atoms with van der Waals surface area (Å²) in [6.45, 7) is 0.130. The second-order valence-corrected chi connectivity index (χ2v) is 6.51. The van der Waals surface area contributed by atoms with Crippen LogP contribution >= 0.6 is 0 Å². The maximum atomic E-state index is 13.2. The third-order valence-corrected chi connectivity index (χ3v) is 4.44. The van der Waals surface area contributed by atoms with E-state index in [4.69, 9.17) is 14.2 Å². The Morgan fingerprint density at radius 3 is 2.19 bits per heavy atom. The van der Waals surface area contributed by atoms with E-state index in [0.29, 0.717) is 11.5 Å². The molecule has 0 atom stereocenters. The number of hydrogen-bond acceptors (Lipinski definition) is 4. The van der Waals surface area contributed by atoms with Crippen molar-refractivity contribution in [2.75, 3.05) is 19.5 Å². The molecular formula is C23H20F3NO4. The van der Waals surface area contributed by atoms with Crippen LogP contribution in [0.4, 0.5) is 18.9 Å². The lowest BCUT2D eigenvalue weighted by atomic mass is 10.1. The normalized spacial score (nSPS) is 11.0. The number of carbonyl (C=O) groups is 1. The fourth-order valence-electron chi connectivity index (χ4n) is 2.84. The van der Waals surface area contributed by atoms with Gasteiger partial charge in [0.2, 0.25) is 0 Å². The number of alkyl halides is 3. The molecule has 0 aliphatic carbocycles. The quantitative estimate of drug-likeness (QED) is 0.533. The molecule has 5 nitrogen and oxygen atoms in total. The largest absolute Gasteiger partial charge is 0.493 e. The third kappa shape index (κ3) is 5.48. The molecule has 0 aromatic heterocycles. The van der Waals surface area contributed by atoms with Crippen molar-refractivity contribution in [2.24, 2.45) is 0 Å². The van der Waals surface area contributed by atoms with Gasteiger partial charge in [-0.05, 0) is 42.0 Å². The molecule has 8 heteroatoms. The maximum Gasteiger partial charge on any atom is 0.416 e. The zero-order chi connectivity index (χ0) is 22.4. The Morgan fingerprint density at radius 2 is 1.55 bits per heavy atom. The van der Waals surface area contributed by atoms with E-state index in [0.717, 1.165) is 17.7 Å². The molecule has 0 saturated carbocycles. The molecule has 0 aliphatic rings. The lowest BCUT2D eigenvalue weighted by Crippen LogP contribution is -2.15. The molecule has 0 bridgehead atoms. The fraction of sp³-hybridized carbons (Fsp3) is 0.174. The number of benzene rings is 3. The predicted molar refractivity (Wildman–Crippen MR) is 110 cm³/mol. The first kappa shape index (κ1) is 22.0. The molecule has 0 spiro atoms. The third-order valence-electron chi connectivity index (χ3n) is 4.44. The van der Waals surface area contributed by atoms with Gasteiger partial charge in [-0.15, -0.1) is 0 Å². The van der Waals surface area contributed by atoms with Gasteiger partial charge in [-0.2, -0.15) is 13.2 Å². The van der Waals surface area contributed by atoms with Gasteiger partial charge >= 0.3 is 6.18 Å². The molecule has 0 radical (unpaired) electrons. The summed E-state index contributed by atoms with van der Waals surface area (Å²) >= 11 is 0. The molecule has 0 saturated heterocycles. The van der Waals surface area contributed by atoms with Gasteiger partial charge in [-0.1, -0.05) is 30.3 Å². The Kier molecular flexibility index (Phi) is 6.69. The van der Waals surface area contributed by atoms with Gasteiger partial charge in [0.15, 0.2) is 11.5 Å². The van der Waals surface area contributed by atoms with E-state index in [1.54, 1.807) is 0 Å². The first-order valence-electron chi connectivity index (χ1n) is 9.23. The summed E-state index contributed by atoms with van der Waals surface area (Å²) in [6.07, 6.45) is -4.57. The molecule has 1 amide bonds. The number of hydrogen-bond donors (Lipinski definition) is 1. The van der Waals surface area contributed by atoms with Crippen molar-refractivity contribution in [1.82, 2.24) is 0 Å². The standard InChI is InChI=1S/C23H20F3NO4/c1-29-20-10-8-16(12-21(20)30-2)22(28)27-18-13-17(23(24,25)26)9-11-19(18)31-14-15-6-4-3-5-7-15/h3-13H,14H2,1-2H3,(H,27,28). The summed E-state index contributed by atoms with van der Waals surface area (Å²) < 4.78 is 55.6. The van der Waals surface area contributed by atoms with Crippen LogP contribution in [0.1, 0.15) is 21.5 Å². The van der Waals surface area contributed by atoms with Crippen LogP contribution < -0.4 is 19.5 Å². The average Bonchev–Trinajstić information content (AvgIpc) is 2.77. The van der Waals surface area contributed by atoms with E-state index < -0.39 is 17.6 Å². The molecule has 0 unspecified atom stereocenters. The van der Waals surface area contributed by atoms with Gasteiger partial charge in [-0.25, -0.2) is 0 Å². The van der Waals surface area contributed by atoms with Gasteiger partial charge in [-0.3, -0.25) is 4.79 Å². The lowest BCUT2D eigenvalue weighted by molar-refractivity contribution is -0.137. The summed E-state index contributed by atoms with van der Waals surface area (Å²) in [7, 11) is 2.87. The Balaban J connectivity index is 1.88. The summed E-state index contributed by atoms with van der Waals surface area (Å²) in [5, 5.41) is 2.50. The maximum absolute atomic E-state index is 13.2. The lowest BCUT2D eigenvalue weighted by Gasteiger charge is -2.16. The second-order valence-electron chi connectivity index (χ2n) is 6.51. The smallest absolute Gasteiger partial charge is 0.416 e. The second kappa shape index (κ2) is 9.42. The number of amides is 1. The molecule has 1 N–H and O–H groups in total. The van der Waals surface area contributed by atoms with Crippen LogP contribution in [0.25, 0.3) is 0 Å². The summed E-state index contributed by atoms with van der Waals surface area (Å²) in [5.41, 5.74) is 0.0244. The van der Waals surface area contributed by atoms with Gasteiger partial charge in [0.1, 0.15) is 12.4 Å². The van der Waals surface area contributed by atoms with Crippen molar-refractivity contribution in [1.29, 1.82) is 0 Å². The molecule has 162 valence electrons. The van der Waals surface area contributed by atoms with Gasteiger partial charge < -0.3 is 19.5 Å². The number of ether oxygens (including phenoxy) is 3. The summed E-state index contributed by atoms with van der Waals surface area (Å²) in [4.78, 5) is 12.7. The minimum atomic E-state index is -4.57. The van der Waals surface area contributed by atoms with Gasteiger partial charge in [0.05, 0.1) is 25.5 Å². The first-order chi connectivity index (χ1) is 14.8. The van der Waals surface area contributed by atoms with Crippen LogP contribution in [0, 0.1) is 0 Å². The SMILES string of the molecule is COc1ccc(C(=O)Nc2cc(C(F)(F)F)ccc2OCc2ccccc2)cc1OC. The van der Waals surface area contributed by atoms with Crippen LogP contribution in [0.2, 0.25) is 0 Å². The van der Waals surface area contributed by atoms with E-state index in [9.17, 15) is 18.0 Å². The van der Waals surface area contributed by atoms with Crippen molar-refractivity contribution in [3.63, 3.8) is 0 Å². The van der Waals surface area contributed by atoms with Crippen LogP contribution in [0.15, 0.2) is 66.7 Å². The molecule has 3 aromatic rings. The van der Waals surface area contributed by atoms with Crippen LogP contribution in [-0.2, 0) is 12.8 Å². The number of anilines is 1. The average molecular weight is 431 g/mol. The minimum absolute atomic E-state index is 0.0921. The topological polar surface area (TPSA) is 56.8 Å². The van der Waals surface area contributed by atoms with E-state index in [2.05, 4.69) is 5.32 Å². The Hall–Kier alpha value is -3.68. The highest BCUT2D eigenvalue weighted by molar-refractivity contribution is 6.05. The van der Waals surface area contributed by atoms with Crippen LogP contribution in [-0.4, -0.2) is 20.1 Å². The van der Waals surface area contributed by atoms with E-state index in [1.165, 1.54) is 38.5 Å². The van der Waals surface area contributed by atoms with Crippen LogP contribution in [0.3, 0.4) is 0 Å². The fourth-order valence-corrected chi connectivity index (χ4v) is 2.84. The minimum Gasteiger partial charge on any atom is -0.493 e. The zero-order valence-electron chi connectivity index (χ0n) is 16.8. The number of carbonyl (C=O) groups excluding carboxylic acids is 1. The summed E-state index contributed by atoms with van der Waals surface area (Å²) in [6, 6.07) is 16.5. The van der Waals surface area contributed by atoms with Gasteiger partial charge in [0, 0.05) is 5.56 Å². The number of rotatable bonds is 7.